The Hall–Kier alpha value is -1.11. The summed E-state index contributed by atoms with van der Waals surface area (Å²) in [5.74, 6) is -0.159. The molecular formula is C18H27BrClN3O2. The molecule has 1 heterocycles. The fourth-order valence-corrected chi connectivity index (χ4v) is 3.14. The van der Waals surface area contributed by atoms with Gasteiger partial charge in [0, 0.05) is 30.5 Å². The third kappa shape index (κ3) is 6.28. The van der Waals surface area contributed by atoms with Crippen LogP contribution in [-0.4, -0.2) is 36.3 Å². The molecule has 1 aromatic carbocycles. The van der Waals surface area contributed by atoms with Gasteiger partial charge in [-0.15, -0.1) is 12.4 Å². The van der Waals surface area contributed by atoms with Crippen LogP contribution in [0.15, 0.2) is 28.7 Å². The first kappa shape index (κ1) is 21.9. The molecule has 1 aliphatic heterocycles. The molecule has 0 radical (unpaired) electrons. The maximum Gasteiger partial charge on any atom is 0.244 e. The number of amides is 2. The zero-order chi connectivity index (χ0) is 17.6. The number of benzene rings is 1. The number of hydrogen-bond donors (Lipinski definition) is 2. The topological polar surface area (TPSA) is 75.4 Å². The Kier molecular flexibility index (Phi) is 8.89. The van der Waals surface area contributed by atoms with E-state index in [-0.39, 0.29) is 24.2 Å². The summed E-state index contributed by atoms with van der Waals surface area (Å²) in [5, 5.41) is 2.80. The minimum atomic E-state index is -1.12. The van der Waals surface area contributed by atoms with Gasteiger partial charge >= 0.3 is 0 Å². The normalized spacial score (nSPS) is 17.0. The van der Waals surface area contributed by atoms with E-state index in [1.54, 1.807) is 6.92 Å². The van der Waals surface area contributed by atoms with Crippen LogP contribution in [0.1, 0.15) is 44.6 Å². The van der Waals surface area contributed by atoms with E-state index in [1.807, 2.05) is 29.2 Å². The lowest BCUT2D eigenvalue weighted by Gasteiger charge is -2.25. The van der Waals surface area contributed by atoms with Gasteiger partial charge in [0.15, 0.2) is 0 Å². The van der Waals surface area contributed by atoms with E-state index in [1.165, 1.54) is 12.8 Å². The molecule has 2 amide bonds. The molecule has 2 rings (SSSR count). The maximum atomic E-state index is 12.4. The molecule has 1 aromatic rings. The highest BCUT2D eigenvalue weighted by atomic mass is 79.9. The summed E-state index contributed by atoms with van der Waals surface area (Å²) in [4.78, 5) is 26.5. The monoisotopic (exact) mass is 431 g/mol. The van der Waals surface area contributed by atoms with Crippen molar-refractivity contribution in [3.05, 3.63) is 34.3 Å². The molecule has 1 aliphatic rings. The molecule has 5 nitrogen and oxygen atoms in total. The van der Waals surface area contributed by atoms with Gasteiger partial charge in [-0.1, -0.05) is 40.9 Å². The first-order chi connectivity index (χ1) is 11.4. The number of likely N-dealkylation sites (tertiary alicyclic amines) is 1. The molecular weight excluding hydrogens is 406 g/mol. The van der Waals surface area contributed by atoms with Crippen molar-refractivity contribution in [3.63, 3.8) is 0 Å². The minimum Gasteiger partial charge on any atom is -0.354 e. The summed E-state index contributed by atoms with van der Waals surface area (Å²) in [6.45, 7) is 3.67. The van der Waals surface area contributed by atoms with Crippen LogP contribution in [-0.2, 0) is 15.1 Å². The number of nitrogens with zero attached hydrogens (tertiary/aromatic N) is 1. The molecule has 140 valence electrons. The first-order valence-electron chi connectivity index (χ1n) is 8.52. The van der Waals surface area contributed by atoms with Crippen molar-refractivity contribution in [2.24, 2.45) is 5.73 Å². The Bertz CT molecular complexity index is 570. The summed E-state index contributed by atoms with van der Waals surface area (Å²) in [6.07, 6.45) is 4.85. The number of carbonyl (C=O) groups excluding carboxylic acids is 2. The summed E-state index contributed by atoms with van der Waals surface area (Å²) < 4.78 is 0.936. The average molecular weight is 433 g/mol. The standard InChI is InChI=1S/C18H26BrN3O2.ClH/c1-18(20,14-6-8-15(19)9-7-14)17(24)21-11-10-16(23)22-12-4-2-3-5-13-22;/h6-9H,2-5,10-13,20H2,1H3,(H,21,24);1H. The highest BCUT2D eigenvalue weighted by molar-refractivity contribution is 9.10. The lowest BCUT2D eigenvalue weighted by Crippen LogP contribution is -2.49. The second-order valence-electron chi connectivity index (χ2n) is 6.51. The molecule has 1 atom stereocenters. The minimum absolute atomic E-state index is 0. The predicted molar refractivity (Wildman–Crippen MR) is 106 cm³/mol. The Morgan fingerprint density at radius 1 is 1.16 bits per heavy atom. The third-order valence-electron chi connectivity index (χ3n) is 4.50. The van der Waals surface area contributed by atoms with E-state index < -0.39 is 5.54 Å². The molecule has 25 heavy (non-hydrogen) atoms. The van der Waals surface area contributed by atoms with Gasteiger partial charge in [-0.2, -0.15) is 0 Å². The quantitative estimate of drug-likeness (QED) is 0.751. The van der Waals surface area contributed by atoms with Gasteiger partial charge in [0.2, 0.25) is 11.8 Å². The van der Waals surface area contributed by atoms with Gasteiger partial charge < -0.3 is 16.0 Å². The van der Waals surface area contributed by atoms with Gasteiger partial charge in [0.05, 0.1) is 0 Å². The van der Waals surface area contributed by atoms with E-state index in [4.69, 9.17) is 5.73 Å². The highest BCUT2D eigenvalue weighted by Gasteiger charge is 2.30. The zero-order valence-corrected chi connectivity index (χ0v) is 17.0. The number of nitrogens with one attached hydrogen (secondary N) is 1. The highest BCUT2D eigenvalue weighted by Crippen LogP contribution is 2.20. The molecule has 1 unspecified atom stereocenters. The van der Waals surface area contributed by atoms with Crippen molar-refractivity contribution in [2.45, 2.75) is 44.6 Å². The van der Waals surface area contributed by atoms with Crippen LogP contribution < -0.4 is 11.1 Å². The van der Waals surface area contributed by atoms with Crippen molar-refractivity contribution >= 4 is 40.2 Å². The van der Waals surface area contributed by atoms with E-state index in [2.05, 4.69) is 21.2 Å². The van der Waals surface area contributed by atoms with E-state index in [9.17, 15) is 9.59 Å². The number of rotatable bonds is 5. The van der Waals surface area contributed by atoms with Gasteiger partial charge in [-0.25, -0.2) is 0 Å². The second kappa shape index (κ2) is 10.1. The Balaban J connectivity index is 0.00000312. The summed E-state index contributed by atoms with van der Waals surface area (Å²) >= 11 is 3.37. The van der Waals surface area contributed by atoms with Crippen molar-refractivity contribution in [1.82, 2.24) is 10.2 Å². The molecule has 0 spiro atoms. The number of hydrogen-bond acceptors (Lipinski definition) is 3. The smallest absolute Gasteiger partial charge is 0.244 e. The molecule has 0 saturated carbocycles. The summed E-state index contributed by atoms with van der Waals surface area (Å²) in [5.41, 5.74) is 5.81. The van der Waals surface area contributed by atoms with Crippen LogP contribution in [0.2, 0.25) is 0 Å². The van der Waals surface area contributed by atoms with Crippen LogP contribution in [0.4, 0.5) is 0 Å². The summed E-state index contributed by atoms with van der Waals surface area (Å²) in [7, 11) is 0. The number of nitrogens with two attached hydrogens (primary N) is 1. The summed E-state index contributed by atoms with van der Waals surface area (Å²) in [6, 6.07) is 7.37. The Morgan fingerprint density at radius 2 is 1.72 bits per heavy atom. The van der Waals surface area contributed by atoms with E-state index in [0.717, 1.165) is 36.0 Å². The molecule has 0 aliphatic carbocycles. The van der Waals surface area contributed by atoms with Crippen molar-refractivity contribution in [2.75, 3.05) is 19.6 Å². The van der Waals surface area contributed by atoms with Gasteiger partial charge in [0.1, 0.15) is 5.54 Å². The molecule has 7 heteroatoms. The van der Waals surface area contributed by atoms with Crippen molar-refractivity contribution in [1.29, 1.82) is 0 Å². The fraction of sp³-hybridized carbons (Fsp3) is 0.556. The Morgan fingerprint density at radius 3 is 2.28 bits per heavy atom. The van der Waals surface area contributed by atoms with Crippen LogP contribution in [0.3, 0.4) is 0 Å². The van der Waals surface area contributed by atoms with Crippen LogP contribution in [0.5, 0.6) is 0 Å². The SMILES string of the molecule is CC(N)(C(=O)NCCC(=O)N1CCCCCC1)c1ccc(Br)cc1.Cl. The van der Waals surface area contributed by atoms with E-state index >= 15 is 0 Å². The van der Waals surface area contributed by atoms with Crippen molar-refractivity contribution in [3.8, 4) is 0 Å². The molecule has 0 bridgehead atoms. The molecule has 3 N–H and O–H groups in total. The lowest BCUT2D eigenvalue weighted by atomic mass is 9.92. The number of halogens is 2. The van der Waals surface area contributed by atoms with E-state index in [0.29, 0.717) is 13.0 Å². The van der Waals surface area contributed by atoms with Gasteiger partial charge in [0.25, 0.3) is 0 Å². The van der Waals surface area contributed by atoms with Crippen molar-refractivity contribution < 1.29 is 9.59 Å². The lowest BCUT2D eigenvalue weighted by molar-refractivity contribution is -0.131. The zero-order valence-electron chi connectivity index (χ0n) is 14.6. The van der Waals surface area contributed by atoms with Gasteiger partial charge in [-0.05, 0) is 37.5 Å². The predicted octanol–water partition coefficient (Wildman–Crippen LogP) is 2.95. The third-order valence-corrected chi connectivity index (χ3v) is 5.03. The Labute approximate surface area is 164 Å². The molecule has 1 saturated heterocycles. The van der Waals surface area contributed by atoms with Crippen LogP contribution >= 0.6 is 28.3 Å². The van der Waals surface area contributed by atoms with Gasteiger partial charge in [-0.3, -0.25) is 9.59 Å². The van der Waals surface area contributed by atoms with Crippen LogP contribution in [0, 0.1) is 0 Å². The maximum absolute atomic E-state index is 12.4. The largest absolute Gasteiger partial charge is 0.354 e. The van der Waals surface area contributed by atoms with Crippen LogP contribution in [0.25, 0.3) is 0 Å². The fourth-order valence-electron chi connectivity index (χ4n) is 2.87. The first-order valence-corrected chi connectivity index (χ1v) is 9.31. The average Bonchev–Trinajstić information content (AvgIpc) is 2.84. The number of carbonyl (C=O) groups is 2. The molecule has 0 aromatic heterocycles. The second-order valence-corrected chi connectivity index (χ2v) is 7.43. The molecule has 1 fully saturated rings.